The third-order valence-electron chi connectivity index (χ3n) is 9.72. The number of aliphatic hydroxyl groups is 2. The third-order valence-corrected chi connectivity index (χ3v) is 9.72. The highest BCUT2D eigenvalue weighted by Crippen LogP contribution is 2.68. The van der Waals surface area contributed by atoms with Crippen LogP contribution in [0.25, 0.3) is 0 Å². The molecule has 0 heterocycles. The highest BCUT2D eigenvalue weighted by atomic mass is 19.4. The van der Waals surface area contributed by atoms with Crippen LogP contribution >= 0.6 is 0 Å². The summed E-state index contributed by atoms with van der Waals surface area (Å²) in [7, 11) is 0. The van der Waals surface area contributed by atoms with Crippen LogP contribution in [0.1, 0.15) is 78.1 Å². The average molecular weight is 389 g/mol. The summed E-state index contributed by atoms with van der Waals surface area (Å²) in [6.07, 6.45) is 2.28. The van der Waals surface area contributed by atoms with Crippen LogP contribution in [-0.2, 0) is 0 Å². The number of rotatable bonds is 2. The second kappa shape index (κ2) is 6.62. The first-order chi connectivity index (χ1) is 12.6. The van der Waals surface area contributed by atoms with Gasteiger partial charge < -0.3 is 10.2 Å². The molecule has 27 heavy (non-hydrogen) atoms. The van der Waals surface area contributed by atoms with E-state index in [0.717, 1.165) is 51.4 Å². The second-order valence-electron chi connectivity index (χ2n) is 10.7. The van der Waals surface area contributed by atoms with Gasteiger partial charge in [0.05, 0.1) is 6.10 Å². The lowest BCUT2D eigenvalue weighted by Crippen LogP contribution is -2.54. The van der Waals surface area contributed by atoms with Gasteiger partial charge in [-0.2, -0.15) is 13.2 Å². The highest BCUT2D eigenvalue weighted by Gasteiger charge is 2.60. The first-order valence-electron chi connectivity index (χ1n) is 11.0. The fraction of sp³-hybridized carbons (Fsp3) is 1.00. The predicted octanol–water partition coefficient (Wildman–Crippen LogP) is 5.32. The Morgan fingerprint density at radius 1 is 0.926 bits per heavy atom. The monoisotopic (exact) mass is 388 g/mol. The van der Waals surface area contributed by atoms with Crippen molar-refractivity contribution < 1.29 is 23.4 Å². The van der Waals surface area contributed by atoms with Crippen molar-refractivity contribution in [3.8, 4) is 0 Å². The van der Waals surface area contributed by atoms with Crippen LogP contribution in [0.2, 0.25) is 0 Å². The van der Waals surface area contributed by atoms with Gasteiger partial charge in [0.2, 0.25) is 0 Å². The standard InChI is InChI=1S/C22H35F3O2/c1-20-9-7-15(26)11-13(20)3-5-16-17-6-4-14(12-19(27)22(23,24)25)21(17,2)10-8-18(16)20/h13-19,26-27H,3-12H2,1-2H3/t13?,14?,15?,16?,17?,18?,19-,20?,21?/m1/s1. The summed E-state index contributed by atoms with van der Waals surface area (Å²) in [6, 6.07) is 0. The molecule has 4 saturated carbocycles. The Kier molecular flexibility index (Phi) is 4.90. The molecule has 8 unspecified atom stereocenters. The lowest BCUT2D eigenvalue weighted by Gasteiger charge is -2.61. The van der Waals surface area contributed by atoms with Crippen molar-refractivity contribution in [2.75, 3.05) is 0 Å². The van der Waals surface area contributed by atoms with E-state index in [2.05, 4.69) is 13.8 Å². The summed E-state index contributed by atoms with van der Waals surface area (Å²) in [5.74, 6) is 2.38. The molecule has 0 aromatic rings. The first-order valence-corrected chi connectivity index (χ1v) is 11.0. The largest absolute Gasteiger partial charge is 0.414 e. The normalized spacial score (nSPS) is 51.2. The molecule has 5 heteroatoms. The average Bonchev–Trinajstić information content (AvgIpc) is 2.91. The Labute approximate surface area is 160 Å². The smallest absolute Gasteiger partial charge is 0.393 e. The van der Waals surface area contributed by atoms with E-state index in [0.29, 0.717) is 29.1 Å². The van der Waals surface area contributed by atoms with E-state index in [1.54, 1.807) is 0 Å². The van der Waals surface area contributed by atoms with Crippen LogP contribution in [0.3, 0.4) is 0 Å². The van der Waals surface area contributed by atoms with Crippen molar-refractivity contribution in [1.29, 1.82) is 0 Å². The molecular weight excluding hydrogens is 353 g/mol. The second-order valence-corrected chi connectivity index (χ2v) is 10.7. The Morgan fingerprint density at radius 2 is 1.59 bits per heavy atom. The van der Waals surface area contributed by atoms with E-state index in [1.165, 1.54) is 6.42 Å². The predicted molar refractivity (Wildman–Crippen MR) is 97.9 cm³/mol. The van der Waals surface area contributed by atoms with Gasteiger partial charge in [-0.3, -0.25) is 0 Å². The molecule has 0 saturated heterocycles. The summed E-state index contributed by atoms with van der Waals surface area (Å²) >= 11 is 0. The molecule has 0 spiro atoms. The number of hydrogen-bond donors (Lipinski definition) is 2. The zero-order chi connectivity index (χ0) is 19.6. The molecule has 9 atom stereocenters. The minimum absolute atomic E-state index is 0.0150. The quantitative estimate of drug-likeness (QED) is 0.672. The maximum atomic E-state index is 12.9. The lowest BCUT2D eigenvalue weighted by atomic mass is 9.44. The van der Waals surface area contributed by atoms with Gasteiger partial charge in [-0.25, -0.2) is 0 Å². The number of alkyl halides is 3. The van der Waals surface area contributed by atoms with E-state index < -0.39 is 12.3 Å². The van der Waals surface area contributed by atoms with E-state index in [-0.39, 0.29) is 23.9 Å². The van der Waals surface area contributed by atoms with Crippen LogP contribution in [0.5, 0.6) is 0 Å². The van der Waals surface area contributed by atoms with E-state index in [9.17, 15) is 23.4 Å². The molecule has 4 aliphatic rings. The van der Waals surface area contributed by atoms with Gasteiger partial charge in [0.15, 0.2) is 0 Å². The summed E-state index contributed by atoms with van der Waals surface area (Å²) in [5, 5.41) is 19.8. The van der Waals surface area contributed by atoms with Gasteiger partial charge in [0.25, 0.3) is 0 Å². The third kappa shape index (κ3) is 3.15. The minimum Gasteiger partial charge on any atom is -0.393 e. The Hall–Kier alpha value is -0.290. The molecular formula is C22H35F3O2. The molecule has 2 N–H and O–H groups in total. The molecule has 156 valence electrons. The van der Waals surface area contributed by atoms with Crippen LogP contribution in [0, 0.1) is 40.4 Å². The van der Waals surface area contributed by atoms with Crippen molar-refractivity contribution >= 4 is 0 Å². The molecule has 4 rings (SSSR count). The van der Waals surface area contributed by atoms with E-state index in [1.807, 2.05) is 0 Å². The highest BCUT2D eigenvalue weighted by molar-refractivity contribution is 5.09. The first kappa shape index (κ1) is 20.0. The van der Waals surface area contributed by atoms with Crippen molar-refractivity contribution in [3.05, 3.63) is 0 Å². The summed E-state index contributed by atoms with van der Waals surface area (Å²) < 4.78 is 38.8. The molecule has 0 bridgehead atoms. The minimum atomic E-state index is -4.50. The summed E-state index contributed by atoms with van der Waals surface area (Å²) in [4.78, 5) is 0. The van der Waals surface area contributed by atoms with Crippen LogP contribution in [0.15, 0.2) is 0 Å². The van der Waals surface area contributed by atoms with Gasteiger partial charge >= 0.3 is 6.18 Å². The molecule has 2 nitrogen and oxygen atoms in total. The van der Waals surface area contributed by atoms with E-state index >= 15 is 0 Å². The molecule has 0 aromatic carbocycles. The zero-order valence-corrected chi connectivity index (χ0v) is 16.6. The fourth-order valence-corrected chi connectivity index (χ4v) is 8.13. The van der Waals surface area contributed by atoms with Crippen molar-refractivity contribution in [3.63, 3.8) is 0 Å². The van der Waals surface area contributed by atoms with Crippen molar-refractivity contribution in [1.82, 2.24) is 0 Å². The zero-order valence-electron chi connectivity index (χ0n) is 16.6. The van der Waals surface area contributed by atoms with E-state index in [4.69, 9.17) is 0 Å². The van der Waals surface area contributed by atoms with Gasteiger partial charge in [-0.05, 0) is 105 Å². The number of halogens is 3. The van der Waals surface area contributed by atoms with Gasteiger partial charge in [0.1, 0.15) is 6.10 Å². The summed E-state index contributed by atoms with van der Waals surface area (Å²) in [6.45, 7) is 4.65. The maximum Gasteiger partial charge on any atom is 0.414 e. The topological polar surface area (TPSA) is 40.5 Å². The maximum absolute atomic E-state index is 12.9. The molecule has 0 aliphatic heterocycles. The molecule has 0 aromatic heterocycles. The molecule has 4 aliphatic carbocycles. The van der Waals surface area contributed by atoms with Gasteiger partial charge in [-0.15, -0.1) is 0 Å². The van der Waals surface area contributed by atoms with Gasteiger partial charge in [0, 0.05) is 0 Å². The number of fused-ring (bicyclic) bond motifs is 5. The molecule has 0 radical (unpaired) electrons. The Balaban J connectivity index is 1.52. The number of hydrogen-bond acceptors (Lipinski definition) is 2. The lowest BCUT2D eigenvalue weighted by molar-refractivity contribution is -0.212. The number of aliphatic hydroxyl groups excluding tert-OH is 2. The van der Waals surface area contributed by atoms with Crippen LogP contribution in [-0.4, -0.2) is 28.6 Å². The van der Waals surface area contributed by atoms with Crippen LogP contribution in [0.4, 0.5) is 13.2 Å². The Bertz CT molecular complexity index is 564. The molecule has 0 amide bonds. The van der Waals surface area contributed by atoms with Crippen LogP contribution < -0.4 is 0 Å². The summed E-state index contributed by atoms with van der Waals surface area (Å²) in [5.41, 5.74) is 0.248. The fourth-order valence-electron chi connectivity index (χ4n) is 8.13. The SMILES string of the molecule is CC12CCC(O)CC1CCC1C2CCC2(C)C(C[C@@H](O)C(F)(F)F)CCC12. The Morgan fingerprint density at radius 3 is 2.30 bits per heavy atom. The van der Waals surface area contributed by atoms with Gasteiger partial charge in [-0.1, -0.05) is 13.8 Å². The van der Waals surface area contributed by atoms with Crippen molar-refractivity contribution in [2.24, 2.45) is 40.4 Å². The van der Waals surface area contributed by atoms with Crippen molar-refractivity contribution in [2.45, 2.75) is 96.4 Å². The molecule has 4 fully saturated rings.